The molecule has 1 atom stereocenters. The van der Waals surface area contributed by atoms with Gasteiger partial charge in [-0.05, 0) is 79.0 Å². The lowest BCUT2D eigenvalue weighted by atomic mass is 9.85. The molecule has 9 heteroatoms. The first-order chi connectivity index (χ1) is 17.7. The molecule has 3 rings (SSSR count). The first-order valence-electron chi connectivity index (χ1n) is 13.7. The Balaban J connectivity index is 1.85. The lowest BCUT2D eigenvalue weighted by Crippen LogP contribution is -2.54. The first kappa shape index (κ1) is 29.5. The van der Waals surface area contributed by atoms with Crippen LogP contribution in [0.3, 0.4) is 0 Å². The number of rotatable bonds is 7. The zero-order valence-corrected chi connectivity index (χ0v) is 24.2. The fraction of sp³-hybridized carbons (Fsp3) is 0.655. The Morgan fingerprint density at radius 1 is 1.21 bits per heavy atom. The van der Waals surface area contributed by atoms with E-state index in [2.05, 4.69) is 5.32 Å². The normalized spacial score (nSPS) is 18.9. The summed E-state index contributed by atoms with van der Waals surface area (Å²) in [5, 5.41) is 2.83. The highest BCUT2D eigenvalue weighted by atomic mass is 16.6. The molecule has 0 aliphatic carbocycles. The molecule has 0 radical (unpaired) electrons. The van der Waals surface area contributed by atoms with Crippen LogP contribution in [0.1, 0.15) is 90.6 Å². The number of hydrogen-bond acceptors (Lipinski definition) is 5. The summed E-state index contributed by atoms with van der Waals surface area (Å²) in [5.74, 6) is -0.250. The van der Waals surface area contributed by atoms with Gasteiger partial charge in [0.15, 0.2) is 0 Å². The monoisotopic (exact) mass is 528 g/mol. The number of fused-ring (bicyclic) bond motifs is 1. The van der Waals surface area contributed by atoms with Gasteiger partial charge in [0.05, 0.1) is 11.5 Å². The minimum Gasteiger partial charge on any atom is -0.444 e. The van der Waals surface area contributed by atoms with Gasteiger partial charge in [-0.3, -0.25) is 14.4 Å². The van der Waals surface area contributed by atoms with Crippen LogP contribution in [0.2, 0.25) is 0 Å². The zero-order valence-electron chi connectivity index (χ0n) is 24.2. The van der Waals surface area contributed by atoms with Crippen molar-refractivity contribution in [3.63, 3.8) is 0 Å². The van der Waals surface area contributed by atoms with Gasteiger partial charge in [0.25, 0.3) is 5.91 Å². The second kappa shape index (κ2) is 11.3. The Hall–Kier alpha value is -3.10. The molecule has 2 heterocycles. The minimum absolute atomic E-state index is 0.0520. The van der Waals surface area contributed by atoms with E-state index >= 15 is 0 Å². The molecule has 2 aliphatic heterocycles. The number of anilines is 1. The van der Waals surface area contributed by atoms with Crippen LogP contribution >= 0.6 is 0 Å². The van der Waals surface area contributed by atoms with E-state index in [1.165, 1.54) is 0 Å². The number of benzene rings is 1. The number of ether oxygens (including phenoxy) is 1. The summed E-state index contributed by atoms with van der Waals surface area (Å²) in [4.78, 5) is 56.8. The second-order valence-electron chi connectivity index (χ2n) is 12.0. The molecule has 0 bridgehead atoms. The maximum atomic E-state index is 13.9. The van der Waals surface area contributed by atoms with Crippen LogP contribution in [-0.4, -0.2) is 77.5 Å². The number of amides is 4. The van der Waals surface area contributed by atoms with E-state index in [0.29, 0.717) is 43.9 Å². The molecular formula is C29H44N4O5. The van der Waals surface area contributed by atoms with Gasteiger partial charge >= 0.3 is 6.09 Å². The Morgan fingerprint density at radius 3 is 2.50 bits per heavy atom. The predicted octanol–water partition coefficient (Wildman–Crippen LogP) is 4.09. The maximum absolute atomic E-state index is 13.9. The Kier molecular flexibility index (Phi) is 8.79. The molecule has 9 nitrogen and oxygen atoms in total. The summed E-state index contributed by atoms with van der Waals surface area (Å²) in [5.41, 5.74) is 0.768. The summed E-state index contributed by atoms with van der Waals surface area (Å²) in [6.07, 6.45) is 1.60. The average Bonchev–Trinajstić information content (AvgIpc) is 3.02. The summed E-state index contributed by atoms with van der Waals surface area (Å²) < 4.78 is 5.58. The van der Waals surface area contributed by atoms with Gasteiger partial charge in [0, 0.05) is 49.9 Å². The Morgan fingerprint density at radius 2 is 1.89 bits per heavy atom. The smallest absolute Gasteiger partial charge is 0.410 e. The highest BCUT2D eigenvalue weighted by molar-refractivity contribution is 6.09. The summed E-state index contributed by atoms with van der Waals surface area (Å²) >= 11 is 0. The fourth-order valence-electron chi connectivity index (χ4n) is 5.28. The van der Waals surface area contributed by atoms with E-state index in [-0.39, 0.29) is 35.9 Å². The summed E-state index contributed by atoms with van der Waals surface area (Å²) in [7, 11) is 0. The fourth-order valence-corrected chi connectivity index (χ4v) is 5.28. The number of piperidine rings is 1. The summed E-state index contributed by atoms with van der Waals surface area (Å²) in [6.45, 7) is 16.7. The highest BCUT2D eigenvalue weighted by Crippen LogP contribution is 2.42. The van der Waals surface area contributed by atoms with Crippen molar-refractivity contribution in [1.29, 1.82) is 0 Å². The number of nitrogens with zero attached hydrogens (tertiary/aromatic N) is 3. The van der Waals surface area contributed by atoms with Gasteiger partial charge in [0.1, 0.15) is 5.60 Å². The van der Waals surface area contributed by atoms with Crippen LogP contribution in [0.15, 0.2) is 18.2 Å². The van der Waals surface area contributed by atoms with Crippen molar-refractivity contribution in [2.75, 3.05) is 31.1 Å². The molecule has 1 aromatic rings. The van der Waals surface area contributed by atoms with Crippen molar-refractivity contribution in [2.45, 2.75) is 97.8 Å². The van der Waals surface area contributed by atoms with E-state index in [4.69, 9.17) is 4.74 Å². The molecule has 1 fully saturated rings. The van der Waals surface area contributed by atoms with Crippen molar-refractivity contribution < 1.29 is 23.9 Å². The second-order valence-corrected chi connectivity index (χ2v) is 12.0. The third-order valence-corrected chi connectivity index (χ3v) is 7.20. The zero-order chi connectivity index (χ0) is 28.4. The molecular weight excluding hydrogens is 484 g/mol. The molecule has 4 amide bonds. The lowest BCUT2D eigenvalue weighted by molar-refractivity contribution is -0.123. The van der Waals surface area contributed by atoms with Crippen molar-refractivity contribution in [3.8, 4) is 0 Å². The molecule has 210 valence electrons. The van der Waals surface area contributed by atoms with Gasteiger partial charge in [-0.15, -0.1) is 0 Å². The third kappa shape index (κ3) is 6.30. The highest BCUT2D eigenvalue weighted by Gasteiger charge is 2.44. The number of carbonyl (C=O) groups is 4. The van der Waals surface area contributed by atoms with E-state index in [1.807, 2.05) is 59.4 Å². The molecule has 0 saturated carbocycles. The van der Waals surface area contributed by atoms with E-state index in [9.17, 15) is 19.2 Å². The lowest BCUT2D eigenvalue weighted by Gasteiger charge is -2.41. The maximum Gasteiger partial charge on any atom is 0.410 e. The van der Waals surface area contributed by atoms with Crippen molar-refractivity contribution >= 4 is 29.5 Å². The summed E-state index contributed by atoms with van der Waals surface area (Å²) in [6, 6.07) is 5.24. The van der Waals surface area contributed by atoms with Gasteiger partial charge in [0.2, 0.25) is 11.8 Å². The molecule has 1 N–H and O–H groups in total. The average molecular weight is 529 g/mol. The quantitative estimate of drug-likeness (QED) is 0.575. The number of carbonyl (C=O) groups excluding carboxylic acids is 4. The van der Waals surface area contributed by atoms with Gasteiger partial charge in [-0.2, -0.15) is 0 Å². The molecule has 0 unspecified atom stereocenters. The van der Waals surface area contributed by atoms with Crippen LogP contribution in [-0.2, 0) is 19.7 Å². The van der Waals surface area contributed by atoms with E-state index < -0.39 is 11.0 Å². The van der Waals surface area contributed by atoms with Crippen LogP contribution in [0.5, 0.6) is 0 Å². The third-order valence-electron chi connectivity index (χ3n) is 7.20. The van der Waals surface area contributed by atoms with Crippen LogP contribution in [0, 0.1) is 0 Å². The largest absolute Gasteiger partial charge is 0.444 e. The van der Waals surface area contributed by atoms with Crippen molar-refractivity contribution in [2.24, 2.45) is 0 Å². The van der Waals surface area contributed by atoms with Gasteiger partial charge in [-0.1, -0.05) is 13.0 Å². The van der Waals surface area contributed by atoms with Gasteiger partial charge < -0.3 is 24.8 Å². The van der Waals surface area contributed by atoms with Crippen LogP contribution in [0.25, 0.3) is 0 Å². The molecule has 38 heavy (non-hydrogen) atoms. The van der Waals surface area contributed by atoms with Crippen molar-refractivity contribution in [1.82, 2.24) is 15.1 Å². The van der Waals surface area contributed by atoms with Crippen LogP contribution in [0.4, 0.5) is 10.5 Å². The molecule has 0 spiro atoms. The SMILES string of the molecule is CCC(=O)NCCN1C(=O)C(C)(C)c2ccc(C(=O)N(C(C)C)[C@@H]3CCCN(C(=O)OC(C)(C)C)C3)cc21. The minimum atomic E-state index is -0.722. The predicted molar refractivity (Wildman–Crippen MR) is 147 cm³/mol. The Bertz CT molecular complexity index is 1080. The molecule has 2 aliphatic rings. The Labute approximate surface area is 226 Å². The van der Waals surface area contributed by atoms with E-state index in [0.717, 1.165) is 18.4 Å². The molecule has 1 saturated heterocycles. The standard InChI is InChI=1S/C29H44N4O5/c1-9-24(34)30-14-16-32-23-17-20(12-13-22(23)29(7,8)26(32)36)25(35)33(19(2)3)21-11-10-15-31(18-21)27(37)38-28(4,5)6/h12-13,17,19,21H,9-11,14-16,18H2,1-8H3,(H,30,34)/t21-/m1/s1. The van der Waals surface area contributed by atoms with Crippen molar-refractivity contribution in [3.05, 3.63) is 29.3 Å². The van der Waals surface area contributed by atoms with Crippen LogP contribution < -0.4 is 10.2 Å². The number of nitrogens with one attached hydrogen (secondary N) is 1. The molecule has 1 aromatic carbocycles. The first-order valence-corrected chi connectivity index (χ1v) is 13.7. The van der Waals surface area contributed by atoms with E-state index in [1.54, 1.807) is 28.9 Å². The molecule has 0 aromatic heterocycles. The topological polar surface area (TPSA) is 99.3 Å². The number of hydrogen-bond donors (Lipinski definition) is 1. The van der Waals surface area contributed by atoms with Gasteiger partial charge in [-0.25, -0.2) is 4.79 Å². The number of likely N-dealkylation sites (tertiary alicyclic amines) is 1.